The lowest BCUT2D eigenvalue weighted by atomic mass is 10.0. The summed E-state index contributed by atoms with van der Waals surface area (Å²) in [6.07, 6.45) is 0. The van der Waals surface area contributed by atoms with Gasteiger partial charge in [0.15, 0.2) is 0 Å². The van der Waals surface area contributed by atoms with Gasteiger partial charge in [0.1, 0.15) is 0 Å². The van der Waals surface area contributed by atoms with Crippen LogP contribution >= 0.6 is 11.6 Å². The number of primary amides is 2. The molecule has 0 radical (unpaired) electrons. The SMILES string of the molecule is NC(=O)c1cccc(Cn2c3cc(-c4ccc(Cl)cc4)ccc3c3c(C(N)=O)cccc32)c1. The van der Waals surface area contributed by atoms with Crippen LogP contribution in [0.4, 0.5) is 0 Å². The van der Waals surface area contributed by atoms with Crippen molar-refractivity contribution in [3.63, 3.8) is 0 Å². The van der Waals surface area contributed by atoms with Gasteiger partial charge in [-0.15, -0.1) is 0 Å². The van der Waals surface area contributed by atoms with E-state index >= 15 is 0 Å². The molecule has 1 heterocycles. The number of hydrogen-bond donors (Lipinski definition) is 2. The van der Waals surface area contributed by atoms with Crippen LogP contribution in [-0.2, 0) is 6.54 Å². The van der Waals surface area contributed by atoms with Crippen LogP contribution < -0.4 is 11.5 Å². The summed E-state index contributed by atoms with van der Waals surface area (Å²) in [5, 5.41) is 2.42. The van der Waals surface area contributed by atoms with E-state index in [9.17, 15) is 9.59 Å². The molecule has 0 aliphatic rings. The number of nitrogens with two attached hydrogens (primary N) is 2. The maximum Gasteiger partial charge on any atom is 0.249 e. The average molecular weight is 454 g/mol. The first-order chi connectivity index (χ1) is 15.9. The van der Waals surface area contributed by atoms with Crippen molar-refractivity contribution in [1.29, 1.82) is 0 Å². The lowest BCUT2D eigenvalue weighted by Crippen LogP contribution is -2.12. The molecule has 0 fully saturated rings. The quantitative estimate of drug-likeness (QED) is 0.375. The Kier molecular flexibility index (Phi) is 5.11. The Hall–Kier alpha value is -4.09. The molecule has 0 aliphatic heterocycles. The van der Waals surface area contributed by atoms with Crippen molar-refractivity contribution in [3.05, 3.63) is 107 Å². The van der Waals surface area contributed by atoms with Gasteiger partial charge in [0.2, 0.25) is 11.8 Å². The summed E-state index contributed by atoms with van der Waals surface area (Å²) in [5.41, 5.74) is 16.9. The van der Waals surface area contributed by atoms with E-state index < -0.39 is 11.8 Å². The molecule has 0 saturated carbocycles. The molecule has 33 heavy (non-hydrogen) atoms. The predicted octanol–water partition coefficient (Wildman–Crippen LogP) is 5.36. The molecule has 0 unspecified atom stereocenters. The summed E-state index contributed by atoms with van der Waals surface area (Å²) in [6.45, 7) is 0.493. The van der Waals surface area contributed by atoms with Gasteiger partial charge >= 0.3 is 0 Å². The number of rotatable bonds is 5. The van der Waals surface area contributed by atoms with E-state index in [1.54, 1.807) is 18.2 Å². The number of aromatic nitrogens is 1. The van der Waals surface area contributed by atoms with Crippen molar-refractivity contribution in [1.82, 2.24) is 4.57 Å². The molecular weight excluding hydrogens is 434 g/mol. The van der Waals surface area contributed by atoms with Crippen LogP contribution in [0.2, 0.25) is 5.02 Å². The van der Waals surface area contributed by atoms with Crippen LogP contribution in [0.25, 0.3) is 32.9 Å². The summed E-state index contributed by atoms with van der Waals surface area (Å²) >= 11 is 6.06. The number of amides is 2. The third-order valence-corrected chi connectivity index (χ3v) is 6.14. The summed E-state index contributed by atoms with van der Waals surface area (Å²) in [6, 6.07) is 26.6. The number of carbonyl (C=O) groups excluding carboxylic acids is 2. The third kappa shape index (κ3) is 3.73. The van der Waals surface area contributed by atoms with Gasteiger partial charge in [0.05, 0.1) is 11.0 Å². The van der Waals surface area contributed by atoms with E-state index in [2.05, 4.69) is 10.6 Å². The number of carbonyl (C=O) groups is 2. The van der Waals surface area contributed by atoms with Gasteiger partial charge in [-0.05, 0) is 59.2 Å². The Morgan fingerprint density at radius 1 is 0.758 bits per heavy atom. The minimum atomic E-state index is -0.475. The van der Waals surface area contributed by atoms with Crippen molar-refractivity contribution in [2.45, 2.75) is 6.54 Å². The summed E-state index contributed by atoms with van der Waals surface area (Å²) < 4.78 is 2.14. The Morgan fingerprint density at radius 2 is 1.48 bits per heavy atom. The third-order valence-electron chi connectivity index (χ3n) is 5.89. The Bertz CT molecular complexity index is 1550. The van der Waals surface area contributed by atoms with Gasteiger partial charge in [-0.3, -0.25) is 9.59 Å². The first kappa shape index (κ1) is 20.8. The molecule has 4 N–H and O–H groups in total. The summed E-state index contributed by atoms with van der Waals surface area (Å²) in [5.74, 6) is -0.947. The zero-order chi connectivity index (χ0) is 23.1. The molecule has 0 atom stereocenters. The molecule has 5 aromatic rings. The van der Waals surface area contributed by atoms with Crippen molar-refractivity contribution >= 4 is 45.2 Å². The van der Waals surface area contributed by atoms with Gasteiger partial charge in [-0.25, -0.2) is 0 Å². The van der Waals surface area contributed by atoms with E-state index in [4.69, 9.17) is 23.1 Å². The highest BCUT2D eigenvalue weighted by molar-refractivity contribution is 6.30. The first-order valence-electron chi connectivity index (χ1n) is 10.4. The van der Waals surface area contributed by atoms with Gasteiger partial charge in [-0.2, -0.15) is 0 Å². The van der Waals surface area contributed by atoms with E-state index in [1.165, 1.54) is 0 Å². The van der Waals surface area contributed by atoms with E-state index in [-0.39, 0.29) is 0 Å². The van der Waals surface area contributed by atoms with E-state index in [0.29, 0.717) is 22.7 Å². The van der Waals surface area contributed by atoms with Gasteiger partial charge in [-0.1, -0.05) is 54.1 Å². The number of nitrogens with zero attached hydrogens (tertiary/aromatic N) is 1. The van der Waals surface area contributed by atoms with Crippen LogP contribution in [0.3, 0.4) is 0 Å². The van der Waals surface area contributed by atoms with Crippen LogP contribution in [0, 0.1) is 0 Å². The van der Waals surface area contributed by atoms with Gasteiger partial charge in [0, 0.05) is 33.5 Å². The van der Waals surface area contributed by atoms with Gasteiger partial charge < -0.3 is 16.0 Å². The standard InChI is InChI=1S/C27H20ClN3O2/c28-20-10-7-17(8-11-20)18-9-12-21-24(14-18)31(15-16-3-1-4-19(13-16)26(29)32)23-6-2-5-22(25(21)23)27(30)33/h1-14H,15H2,(H2,29,32)(H2,30,33). The number of fused-ring (bicyclic) bond motifs is 3. The molecule has 0 bridgehead atoms. The smallest absolute Gasteiger partial charge is 0.249 e. The maximum atomic E-state index is 12.2. The molecular formula is C27H20ClN3O2. The Morgan fingerprint density at radius 3 is 2.21 bits per heavy atom. The molecule has 2 amide bonds. The molecule has 6 heteroatoms. The van der Waals surface area contributed by atoms with E-state index in [1.807, 2.05) is 60.7 Å². The second kappa shape index (κ2) is 8.11. The van der Waals surface area contributed by atoms with Crippen LogP contribution in [0.1, 0.15) is 26.3 Å². The monoisotopic (exact) mass is 453 g/mol. The van der Waals surface area contributed by atoms with Crippen LogP contribution in [0.15, 0.2) is 84.9 Å². The fourth-order valence-corrected chi connectivity index (χ4v) is 4.47. The summed E-state index contributed by atoms with van der Waals surface area (Å²) in [7, 11) is 0. The molecule has 0 spiro atoms. The molecule has 0 saturated heterocycles. The largest absolute Gasteiger partial charge is 0.366 e. The van der Waals surface area contributed by atoms with Crippen molar-refractivity contribution in [3.8, 4) is 11.1 Å². The van der Waals surface area contributed by atoms with Crippen molar-refractivity contribution in [2.75, 3.05) is 0 Å². The topological polar surface area (TPSA) is 91.1 Å². The molecule has 162 valence electrons. The molecule has 1 aromatic heterocycles. The fourth-order valence-electron chi connectivity index (χ4n) is 4.35. The highest BCUT2D eigenvalue weighted by Gasteiger charge is 2.17. The highest BCUT2D eigenvalue weighted by Crippen LogP contribution is 2.35. The average Bonchev–Trinajstić information content (AvgIpc) is 3.12. The minimum absolute atomic E-state index is 0.452. The molecule has 5 rings (SSSR count). The van der Waals surface area contributed by atoms with Crippen LogP contribution in [-0.4, -0.2) is 16.4 Å². The number of benzene rings is 4. The zero-order valence-electron chi connectivity index (χ0n) is 17.6. The molecule has 5 nitrogen and oxygen atoms in total. The van der Waals surface area contributed by atoms with Crippen LogP contribution in [0.5, 0.6) is 0 Å². The minimum Gasteiger partial charge on any atom is -0.366 e. The fraction of sp³-hybridized carbons (Fsp3) is 0.0370. The maximum absolute atomic E-state index is 12.2. The van der Waals surface area contributed by atoms with Gasteiger partial charge in [0.25, 0.3) is 0 Å². The lowest BCUT2D eigenvalue weighted by Gasteiger charge is -2.10. The molecule has 0 aliphatic carbocycles. The normalized spacial score (nSPS) is 11.2. The second-order valence-electron chi connectivity index (χ2n) is 7.95. The molecule has 4 aromatic carbocycles. The lowest BCUT2D eigenvalue weighted by molar-refractivity contribution is 0.0992. The Balaban J connectivity index is 1.77. The summed E-state index contributed by atoms with van der Waals surface area (Å²) in [4.78, 5) is 23.9. The predicted molar refractivity (Wildman–Crippen MR) is 132 cm³/mol. The highest BCUT2D eigenvalue weighted by atomic mass is 35.5. The van der Waals surface area contributed by atoms with Crippen molar-refractivity contribution in [2.24, 2.45) is 11.5 Å². The zero-order valence-corrected chi connectivity index (χ0v) is 18.3. The van der Waals surface area contributed by atoms with E-state index in [0.717, 1.165) is 38.5 Å². The number of hydrogen-bond acceptors (Lipinski definition) is 2. The Labute approximate surface area is 195 Å². The van der Waals surface area contributed by atoms with Crippen molar-refractivity contribution < 1.29 is 9.59 Å². The second-order valence-corrected chi connectivity index (χ2v) is 8.39. The number of halogens is 1. The first-order valence-corrected chi connectivity index (χ1v) is 10.8.